The van der Waals surface area contributed by atoms with Crippen molar-refractivity contribution in [3.63, 3.8) is 0 Å². The molecular weight excluding hydrogens is 451 g/mol. The Hall–Kier alpha value is -0.640. The van der Waals surface area contributed by atoms with Crippen molar-refractivity contribution in [1.29, 1.82) is 0 Å². The molecule has 1 aromatic heterocycles. The lowest BCUT2D eigenvalue weighted by molar-refractivity contribution is 0.380. The highest BCUT2D eigenvalue weighted by molar-refractivity contribution is 14.0. The fraction of sp³-hybridized carbons (Fsp3) is 0.765. The highest BCUT2D eigenvalue weighted by Crippen LogP contribution is 2.16. The van der Waals surface area contributed by atoms with Gasteiger partial charge in [0.15, 0.2) is 5.96 Å². The predicted molar refractivity (Wildman–Crippen MR) is 116 cm³/mol. The molecule has 0 aromatic carbocycles. The molecule has 0 amide bonds. The molecule has 0 radical (unpaired) electrons. The third-order valence-corrected chi connectivity index (χ3v) is 5.55. The first-order valence-corrected chi connectivity index (χ1v) is 10.0. The van der Waals surface area contributed by atoms with E-state index < -0.39 is 10.8 Å². The van der Waals surface area contributed by atoms with E-state index in [0.29, 0.717) is 18.8 Å². The van der Waals surface area contributed by atoms with Crippen LogP contribution in [0.1, 0.15) is 58.6 Å². The van der Waals surface area contributed by atoms with Gasteiger partial charge < -0.3 is 15.2 Å². The molecule has 0 bridgehead atoms. The van der Waals surface area contributed by atoms with Gasteiger partial charge in [0, 0.05) is 46.4 Å². The molecule has 146 valence electrons. The fourth-order valence-corrected chi connectivity index (χ4v) is 3.08. The average molecular weight is 484 g/mol. The predicted octanol–water partition coefficient (Wildman–Crippen LogP) is 3.02. The van der Waals surface area contributed by atoms with Gasteiger partial charge in [-0.2, -0.15) is 0 Å². The summed E-state index contributed by atoms with van der Waals surface area (Å²) in [6, 6.07) is 0. The molecule has 0 spiro atoms. The van der Waals surface area contributed by atoms with E-state index >= 15 is 0 Å². The van der Waals surface area contributed by atoms with Gasteiger partial charge in [0.1, 0.15) is 5.76 Å². The van der Waals surface area contributed by atoms with E-state index in [4.69, 9.17) is 4.52 Å². The van der Waals surface area contributed by atoms with Gasteiger partial charge >= 0.3 is 0 Å². The molecule has 8 heteroatoms. The van der Waals surface area contributed by atoms with Crippen LogP contribution in [-0.2, 0) is 30.2 Å². The lowest BCUT2D eigenvalue weighted by atomic mass is 10.1. The number of aromatic nitrogens is 1. The minimum absolute atomic E-state index is 0. The molecule has 0 aliphatic rings. The molecule has 6 nitrogen and oxygen atoms in total. The zero-order valence-corrected chi connectivity index (χ0v) is 19.4. The zero-order chi connectivity index (χ0) is 18.2. The van der Waals surface area contributed by atoms with Gasteiger partial charge in [-0.1, -0.05) is 19.0 Å². The van der Waals surface area contributed by atoms with E-state index in [1.807, 2.05) is 27.7 Å². The summed E-state index contributed by atoms with van der Waals surface area (Å²) < 4.78 is 17.3. The molecule has 1 unspecified atom stereocenters. The van der Waals surface area contributed by atoms with Crippen LogP contribution < -0.4 is 10.6 Å². The Bertz CT molecular complexity index is 546. The van der Waals surface area contributed by atoms with Crippen LogP contribution in [-0.4, -0.2) is 38.9 Å². The maximum Gasteiger partial charge on any atom is 0.191 e. The molecule has 2 N–H and O–H groups in total. The fourth-order valence-electron chi connectivity index (χ4n) is 2.18. The van der Waals surface area contributed by atoms with Crippen molar-refractivity contribution in [2.24, 2.45) is 4.99 Å². The third kappa shape index (κ3) is 8.06. The maximum absolute atomic E-state index is 12.1. The number of aliphatic imine (C=N–C) groups is 1. The van der Waals surface area contributed by atoms with Crippen molar-refractivity contribution >= 4 is 40.7 Å². The van der Waals surface area contributed by atoms with E-state index in [1.165, 1.54) is 0 Å². The number of rotatable bonds is 8. The lowest BCUT2D eigenvalue weighted by Gasteiger charge is -2.18. The highest BCUT2D eigenvalue weighted by Gasteiger charge is 2.18. The van der Waals surface area contributed by atoms with Crippen LogP contribution in [0.25, 0.3) is 0 Å². The molecule has 0 saturated carbocycles. The van der Waals surface area contributed by atoms with Crippen LogP contribution in [0, 0.1) is 0 Å². The van der Waals surface area contributed by atoms with Crippen molar-refractivity contribution in [3.8, 4) is 0 Å². The number of halogens is 1. The van der Waals surface area contributed by atoms with Gasteiger partial charge in [0.25, 0.3) is 0 Å². The minimum atomic E-state index is -0.872. The van der Waals surface area contributed by atoms with E-state index in [9.17, 15) is 4.21 Å². The Morgan fingerprint density at radius 1 is 1.20 bits per heavy atom. The molecule has 1 atom stereocenters. The molecule has 0 aliphatic carbocycles. The van der Waals surface area contributed by atoms with Crippen molar-refractivity contribution in [1.82, 2.24) is 15.8 Å². The number of aryl methyl sites for hydroxylation is 2. The summed E-state index contributed by atoms with van der Waals surface area (Å²) in [5.41, 5.74) is 2.05. The molecule has 25 heavy (non-hydrogen) atoms. The monoisotopic (exact) mass is 484 g/mol. The number of nitrogens with one attached hydrogen (secondary N) is 2. The summed E-state index contributed by atoms with van der Waals surface area (Å²) in [6.45, 7) is 14.1. The summed E-state index contributed by atoms with van der Waals surface area (Å²) in [5, 5.41) is 10.6. The number of hydrogen-bond donors (Lipinski definition) is 2. The first kappa shape index (κ1) is 24.4. The maximum atomic E-state index is 12.1. The second kappa shape index (κ2) is 11.9. The Labute approximate surface area is 171 Å². The normalized spacial score (nSPS) is 13.3. The van der Waals surface area contributed by atoms with Crippen LogP contribution >= 0.6 is 24.0 Å². The van der Waals surface area contributed by atoms with Gasteiger partial charge in [0.05, 0.1) is 12.2 Å². The first-order chi connectivity index (χ1) is 11.3. The minimum Gasteiger partial charge on any atom is -0.361 e. The van der Waals surface area contributed by atoms with E-state index in [2.05, 4.69) is 34.6 Å². The van der Waals surface area contributed by atoms with E-state index in [-0.39, 0.29) is 28.7 Å². The smallest absolute Gasteiger partial charge is 0.191 e. The van der Waals surface area contributed by atoms with Gasteiger partial charge in [-0.05, 0) is 34.1 Å². The summed E-state index contributed by atoms with van der Waals surface area (Å²) in [7, 11) is -0.872. The average Bonchev–Trinajstić information content (AvgIpc) is 2.93. The van der Waals surface area contributed by atoms with Crippen LogP contribution in [0.4, 0.5) is 0 Å². The van der Waals surface area contributed by atoms with Gasteiger partial charge in [-0.15, -0.1) is 24.0 Å². The van der Waals surface area contributed by atoms with Gasteiger partial charge in [0.2, 0.25) is 0 Å². The van der Waals surface area contributed by atoms with Crippen molar-refractivity contribution in [2.45, 2.75) is 65.7 Å². The quantitative estimate of drug-likeness (QED) is 0.337. The van der Waals surface area contributed by atoms with Gasteiger partial charge in [-0.25, -0.2) is 4.99 Å². The van der Waals surface area contributed by atoms with Crippen molar-refractivity contribution in [3.05, 3.63) is 17.0 Å². The Morgan fingerprint density at radius 3 is 2.40 bits per heavy atom. The second-order valence-corrected chi connectivity index (χ2v) is 8.85. The number of nitrogens with zero attached hydrogens (tertiary/aromatic N) is 2. The zero-order valence-electron chi connectivity index (χ0n) is 16.3. The topological polar surface area (TPSA) is 79.5 Å². The third-order valence-electron chi connectivity index (χ3n) is 3.61. The molecule has 0 fully saturated rings. The Balaban J connectivity index is 0.00000576. The molecule has 1 rings (SSSR count). The van der Waals surface area contributed by atoms with E-state index in [0.717, 1.165) is 42.4 Å². The lowest BCUT2D eigenvalue weighted by Crippen LogP contribution is -2.40. The van der Waals surface area contributed by atoms with Crippen molar-refractivity contribution in [2.75, 3.05) is 18.8 Å². The van der Waals surface area contributed by atoms with E-state index in [1.54, 1.807) is 0 Å². The number of guanidine groups is 1. The summed E-state index contributed by atoms with van der Waals surface area (Å²) >= 11 is 0. The van der Waals surface area contributed by atoms with Gasteiger partial charge in [-0.3, -0.25) is 4.21 Å². The Kier molecular flexibility index (Phi) is 11.6. The highest BCUT2D eigenvalue weighted by atomic mass is 127. The summed E-state index contributed by atoms with van der Waals surface area (Å²) in [6.07, 6.45) is 1.65. The molecule has 1 heterocycles. The van der Waals surface area contributed by atoms with Crippen LogP contribution in [0.3, 0.4) is 0 Å². The van der Waals surface area contributed by atoms with Crippen LogP contribution in [0.2, 0.25) is 0 Å². The van der Waals surface area contributed by atoms with Crippen molar-refractivity contribution < 1.29 is 8.73 Å². The molecule has 0 saturated heterocycles. The molecule has 1 aromatic rings. The Morgan fingerprint density at radius 2 is 1.88 bits per heavy atom. The second-order valence-electron chi connectivity index (χ2n) is 6.52. The largest absolute Gasteiger partial charge is 0.361 e. The summed E-state index contributed by atoms with van der Waals surface area (Å²) in [4.78, 5) is 4.63. The molecule has 0 aliphatic heterocycles. The number of hydrogen-bond acceptors (Lipinski definition) is 4. The molecular formula is C17H33IN4O2S. The van der Waals surface area contributed by atoms with Crippen LogP contribution in [0.15, 0.2) is 9.52 Å². The SMILES string of the molecule is CCNC(=NCc1c(CC)noc1CC)NCCS(=O)C(C)(C)C.I. The van der Waals surface area contributed by atoms with Crippen LogP contribution in [0.5, 0.6) is 0 Å². The first-order valence-electron chi connectivity index (χ1n) is 8.70. The standard InChI is InChI=1S/C17H32N4O2S.HI/c1-7-14-13(15(8-2)23-21-14)12-20-16(18-9-3)19-10-11-24(22)17(4,5)6;/h7-12H2,1-6H3,(H2,18,19,20);1H. The summed E-state index contributed by atoms with van der Waals surface area (Å²) in [5.74, 6) is 2.23.